The summed E-state index contributed by atoms with van der Waals surface area (Å²) in [7, 11) is 0. The second-order valence-corrected chi connectivity index (χ2v) is 1.97. The number of aromatic nitrogens is 3. The van der Waals surface area contributed by atoms with E-state index in [1.54, 1.807) is 0 Å². The van der Waals surface area contributed by atoms with Crippen LogP contribution < -0.4 is 11.5 Å². The van der Waals surface area contributed by atoms with Crippen molar-refractivity contribution in [3.63, 3.8) is 0 Å². The molecule has 11 heavy (non-hydrogen) atoms. The molecule has 0 fully saturated rings. The molecule has 2 heterocycles. The molecule has 0 saturated carbocycles. The average Bonchev–Trinajstić information content (AvgIpc) is 2.27. The van der Waals surface area contributed by atoms with Crippen LogP contribution >= 0.6 is 0 Å². The van der Waals surface area contributed by atoms with Gasteiger partial charge in [-0.2, -0.15) is 9.97 Å². The van der Waals surface area contributed by atoms with Crippen LogP contribution in [0, 0.1) is 0 Å². The summed E-state index contributed by atoms with van der Waals surface area (Å²) in [4.78, 5) is 11.2. The van der Waals surface area contributed by atoms with Gasteiger partial charge in [-0.15, -0.1) is 0 Å². The van der Waals surface area contributed by atoms with Gasteiger partial charge in [0.1, 0.15) is 5.52 Å². The first-order valence-corrected chi connectivity index (χ1v) is 2.90. The topological polar surface area (TPSA) is 104 Å². The molecule has 0 atom stereocenters. The Morgan fingerprint density at radius 2 is 2.09 bits per heavy atom. The molecule has 0 amide bonds. The summed E-state index contributed by atoms with van der Waals surface area (Å²) in [5, 5.41) is 0. The third-order valence-electron chi connectivity index (χ3n) is 1.19. The Kier molecular flexibility index (Phi) is 0.974. The predicted octanol–water partition coefficient (Wildman–Crippen LogP) is -0.218. The summed E-state index contributed by atoms with van der Waals surface area (Å²) in [5.41, 5.74) is 11.4. The molecular weight excluding hydrogens is 146 g/mol. The van der Waals surface area contributed by atoms with Gasteiger partial charge in [0.2, 0.25) is 5.95 Å². The molecule has 2 aromatic heterocycles. The van der Waals surface area contributed by atoms with Gasteiger partial charge in [0.15, 0.2) is 0 Å². The van der Waals surface area contributed by atoms with E-state index in [9.17, 15) is 0 Å². The number of anilines is 2. The van der Waals surface area contributed by atoms with E-state index < -0.39 is 0 Å². The van der Waals surface area contributed by atoms with Gasteiger partial charge in [-0.1, -0.05) is 0 Å². The first-order chi connectivity index (χ1) is 5.25. The highest BCUT2D eigenvalue weighted by Gasteiger charge is 2.03. The predicted molar refractivity (Wildman–Crippen MR) is 38.4 cm³/mol. The third-order valence-corrected chi connectivity index (χ3v) is 1.19. The number of hydrogen-bond donors (Lipinski definition) is 2. The van der Waals surface area contributed by atoms with E-state index in [1.807, 2.05) is 0 Å². The molecule has 0 aliphatic rings. The monoisotopic (exact) mass is 151 g/mol. The second-order valence-electron chi connectivity index (χ2n) is 1.97. The Bertz CT molecular complexity index is 395. The van der Waals surface area contributed by atoms with Gasteiger partial charge >= 0.3 is 0 Å². The minimum atomic E-state index is 0.0694. The van der Waals surface area contributed by atoms with Crippen molar-refractivity contribution >= 4 is 23.2 Å². The zero-order valence-corrected chi connectivity index (χ0v) is 5.48. The van der Waals surface area contributed by atoms with Crippen LogP contribution in [0.25, 0.3) is 11.2 Å². The van der Waals surface area contributed by atoms with Gasteiger partial charge in [0.05, 0.1) is 6.20 Å². The van der Waals surface area contributed by atoms with E-state index in [2.05, 4.69) is 15.0 Å². The molecule has 2 aromatic rings. The SMILES string of the molecule is Nc1ncc2nc(N)oc2n1. The molecule has 4 N–H and O–H groups in total. The fraction of sp³-hybridized carbons (Fsp3) is 0. The van der Waals surface area contributed by atoms with Gasteiger partial charge in [0.25, 0.3) is 11.7 Å². The van der Waals surface area contributed by atoms with Crippen LogP contribution in [0.5, 0.6) is 0 Å². The first kappa shape index (κ1) is 5.90. The van der Waals surface area contributed by atoms with Crippen molar-refractivity contribution in [3.05, 3.63) is 6.20 Å². The van der Waals surface area contributed by atoms with Crippen LogP contribution in [0.15, 0.2) is 10.6 Å². The third kappa shape index (κ3) is 0.841. The van der Waals surface area contributed by atoms with Gasteiger partial charge < -0.3 is 15.9 Å². The van der Waals surface area contributed by atoms with E-state index in [1.165, 1.54) is 6.20 Å². The lowest BCUT2D eigenvalue weighted by Crippen LogP contribution is -1.92. The molecule has 2 rings (SSSR count). The van der Waals surface area contributed by atoms with Crippen molar-refractivity contribution in [2.24, 2.45) is 0 Å². The Labute approximate surface area is 61.2 Å². The number of fused-ring (bicyclic) bond motifs is 1. The molecule has 0 saturated heterocycles. The zero-order valence-electron chi connectivity index (χ0n) is 5.48. The van der Waals surface area contributed by atoms with Crippen LogP contribution in [0.3, 0.4) is 0 Å². The standard InChI is InChI=1S/C5H5N5O/c6-4-8-1-2-3(10-4)11-5(7)9-2/h1H,(H2,7,9)(H2,6,8,10). The zero-order chi connectivity index (χ0) is 7.84. The number of nitrogens with two attached hydrogens (primary N) is 2. The van der Waals surface area contributed by atoms with E-state index in [4.69, 9.17) is 15.9 Å². The minimum Gasteiger partial charge on any atom is -0.404 e. The number of nitrogen functional groups attached to an aromatic ring is 2. The van der Waals surface area contributed by atoms with Crippen molar-refractivity contribution in [2.75, 3.05) is 11.5 Å². The van der Waals surface area contributed by atoms with E-state index in [0.29, 0.717) is 11.2 Å². The Hall–Kier alpha value is -1.85. The summed E-state index contributed by atoms with van der Waals surface area (Å²) in [6.07, 6.45) is 1.46. The Morgan fingerprint density at radius 3 is 2.91 bits per heavy atom. The molecule has 56 valence electrons. The van der Waals surface area contributed by atoms with Crippen LogP contribution in [0.4, 0.5) is 12.0 Å². The summed E-state index contributed by atoms with van der Waals surface area (Å²) in [6.45, 7) is 0. The van der Waals surface area contributed by atoms with Gasteiger partial charge in [-0.05, 0) is 0 Å². The molecule has 0 radical (unpaired) electrons. The van der Waals surface area contributed by atoms with Crippen LogP contribution in [0.2, 0.25) is 0 Å². The number of rotatable bonds is 0. The van der Waals surface area contributed by atoms with Gasteiger partial charge in [-0.25, -0.2) is 4.98 Å². The highest BCUT2D eigenvalue weighted by molar-refractivity contribution is 5.69. The van der Waals surface area contributed by atoms with Crippen molar-refractivity contribution in [1.82, 2.24) is 15.0 Å². The summed E-state index contributed by atoms with van der Waals surface area (Å²) < 4.78 is 4.88. The van der Waals surface area contributed by atoms with Gasteiger partial charge in [0, 0.05) is 0 Å². The van der Waals surface area contributed by atoms with Crippen molar-refractivity contribution < 1.29 is 4.42 Å². The highest BCUT2D eigenvalue weighted by atomic mass is 16.4. The molecule has 0 spiro atoms. The smallest absolute Gasteiger partial charge is 0.294 e. The van der Waals surface area contributed by atoms with Gasteiger partial charge in [-0.3, -0.25) is 0 Å². The van der Waals surface area contributed by atoms with Crippen LogP contribution in [-0.2, 0) is 0 Å². The lowest BCUT2D eigenvalue weighted by Gasteiger charge is -1.86. The molecule has 6 nitrogen and oxygen atoms in total. The Balaban J connectivity index is 2.82. The molecule has 0 bridgehead atoms. The quantitative estimate of drug-likeness (QED) is 0.539. The molecule has 6 heteroatoms. The van der Waals surface area contributed by atoms with Crippen LogP contribution in [-0.4, -0.2) is 15.0 Å². The summed E-state index contributed by atoms with van der Waals surface area (Å²) in [5.74, 6) is 0.147. The first-order valence-electron chi connectivity index (χ1n) is 2.90. The summed E-state index contributed by atoms with van der Waals surface area (Å²) >= 11 is 0. The van der Waals surface area contributed by atoms with E-state index in [-0.39, 0.29) is 12.0 Å². The normalized spacial score (nSPS) is 10.5. The van der Waals surface area contributed by atoms with Crippen molar-refractivity contribution in [3.8, 4) is 0 Å². The Morgan fingerprint density at radius 1 is 1.27 bits per heavy atom. The van der Waals surface area contributed by atoms with E-state index >= 15 is 0 Å². The lowest BCUT2D eigenvalue weighted by atomic mass is 10.6. The number of oxazole rings is 1. The lowest BCUT2D eigenvalue weighted by molar-refractivity contribution is 0.614. The maximum Gasteiger partial charge on any atom is 0.294 e. The molecular formula is C5H5N5O. The minimum absolute atomic E-state index is 0.0694. The number of hydrogen-bond acceptors (Lipinski definition) is 6. The summed E-state index contributed by atoms with van der Waals surface area (Å²) in [6, 6.07) is 0.0694. The van der Waals surface area contributed by atoms with Crippen molar-refractivity contribution in [1.29, 1.82) is 0 Å². The van der Waals surface area contributed by atoms with Crippen molar-refractivity contribution in [2.45, 2.75) is 0 Å². The van der Waals surface area contributed by atoms with Crippen LogP contribution in [0.1, 0.15) is 0 Å². The average molecular weight is 151 g/mol. The maximum atomic E-state index is 5.28. The molecule has 0 aromatic carbocycles. The fourth-order valence-corrected chi connectivity index (χ4v) is 0.765. The number of nitrogens with zero attached hydrogens (tertiary/aromatic N) is 3. The highest BCUT2D eigenvalue weighted by Crippen LogP contribution is 2.13. The largest absolute Gasteiger partial charge is 0.404 e. The second kappa shape index (κ2) is 1.82. The van der Waals surface area contributed by atoms with E-state index in [0.717, 1.165) is 0 Å². The molecule has 0 aliphatic carbocycles. The fourth-order valence-electron chi connectivity index (χ4n) is 0.765. The molecule has 0 aliphatic heterocycles. The molecule has 0 unspecified atom stereocenters. The maximum absolute atomic E-state index is 5.28.